The Bertz CT molecular complexity index is 574. The summed E-state index contributed by atoms with van der Waals surface area (Å²) in [6.07, 6.45) is 1.39. The maximum atomic E-state index is 5.75. The van der Waals surface area contributed by atoms with Gasteiger partial charge in [0, 0.05) is 0 Å². The van der Waals surface area contributed by atoms with Gasteiger partial charge in [0.05, 0.1) is 0 Å². The summed E-state index contributed by atoms with van der Waals surface area (Å²) >= 11 is 3.35. The number of ether oxygens (including phenoxy) is 1. The lowest BCUT2D eigenvalue weighted by Crippen LogP contribution is -2.09. The maximum absolute atomic E-state index is 5.75. The Morgan fingerprint density at radius 3 is 2.79 bits per heavy atom. The lowest BCUT2D eigenvalue weighted by Gasteiger charge is -2.11. The molecule has 19 heavy (non-hydrogen) atoms. The molecule has 0 radical (unpaired) electrons. The number of benzene rings is 1. The number of hydrazine groups is 1. The van der Waals surface area contributed by atoms with E-state index in [9.17, 15) is 0 Å². The van der Waals surface area contributed by atoms with E-state index < -0.39 is 0 Å². The van der Waals surface area contributed by atoms with Crippen molar-refractivity contribution in [2.45, 2.75) is 19.8 Å². The average Bonchev–Trinajstić information content (AvgIpc) is 2.41. The van der Waals surface area contributed by atoms with Gasteiger partial charge in [-0.1, -0.05) is 26.0 Å². The predicted octanol–water partition coefficient (Wildman–Crippen LogP) is 3.44. The molecule has 0 unspecified atom stereocenters. The number of aromatic nitrogens is 2. The number of anilines is 1. The molecule has 0 fully saturated rings. The Kier molecular flexibility index (Phi) is 4.34. The fourth-order valence-electron chi connectivity index (χ4n) is 1.57. The Balaban J connectivity index is 2.28. The predicted molar refractivity (Wildman–Crippen MR) is 78.1 cm³/mol. The van der Waals surface area contributed by atoms with Crippen molar-refractivity contribution in [3.8, 4) is 11.6 Å². The summed E-state index contributed by atoms with van der Waals surface area (Å²) in [6, 6.07) is 7.91. The van der Waals surface area contributed by atoms with E-state index in [0.717, 1.165) is 5.75 Å². The van der Waals surface area contributed by atoms with Gasteiger partial charge < -0.3 is 10.2 Å². The molecule has 0 amide bonds. The molecule has 3 N–H and O–H groups in total. The number of hydrogen-bond donors (Lipinski definition) is 2. The molecule has 2 rings (SSSR count). The molecular weight excluding hydrogens is 308 g/mol. The van der Waals surface area contributed by atoms with Gasteiger partial charge >= 0.3 is 0 Å². The van der Waals surface area contributed by atoms with Gasteiger partial charge in [0.15, 0.2) is 5.82 Å². The lowest BCUT2D eigenvalue weighted by atomic mass is 10.0. The van der Waals surface area contributed by atoms with Crippen LogP contribution in [-0.2, 0) is 0 Å². The zero-order chi connectivity index (χ0) is 13.8. The molecule has 2 aromatic rings. The van der Waals surface area contributed by atoms with Crippen molar-refractivity contribution >= 4 is 21.7 Å². The number of hydrogen-bond acceptors (Lipinski definition) is 5. The van der Waals surface area contributed by atoms with Crippen LogP contribution in [0.5, 0.6) is 11.6 Å². The summed E-state index contributed by atoms with van der Waals surface area (Å²) < 4.78 is 6.34. The van der Waals surface area contributed by atoms with Crippen molar-refractivity contribution in [2.24, 2.45) is 5.84 Å². The molecule has 6 heteroatoms. The van der Waals surface area contributed by atoms with E-state index in [-0.39, 0.29) is 0 Å². The molecule has 5 nitrogen and oxygen atoms in total. The van der Waals surface area contributed by atoms with Crippen molar-refractivity contribution in [3.63, 3.8) is 0 Å². The van der Waals surface area contributed by atoms with Crippen LogP contribution in [0, 0.1) is 0 Å². The molecule has 0 aliphatic heterocycles. The largest absolute Gasteiger partial charge is 0.438 e. The summed E-state index contributed by atoms with van der Waals surface area (Å²) in [4.78, 5) is 8.05. The molecule has 100 valence electrons. The van der Waals surface area contributed by atoms with Crippen LogP contribution in [0.25, 0.3) is 0 Å². The molecule has 0 aliphatic carbocycles. The van der Waals surface area contributed by atoms with E-state index in [4.69, 9.17) is 10.6 Å². The minimum Gasteiger partial charge on any atom is -0.438 e. The number of rotatable bonds is 4. The smallest absolute Gasteiger partial charge is 0.238 e. The molecule has 0 atom stereocenters. The third kappa shape index (κ3) is 3.21. The number of halogens is 1. The van der Waals surface area contributed by atoms with E-state index in [1.54, 1.807) is 0 Å². The van der Waals surface area contributed by atoms with E-state index in [0.29, 0.717) is 22.1 Å². The Morgan fingerprint density at radius 2 is 2.11 bits per heavy atom. The summed E-state index contributed by atoms with van der Waals surface area (Å²) in [6.45, 7) is 4.27. The van der Waals surface area contributed by atoms with Crippen molar-refractivity contribution in [2.75, 3.05) is 5.43 Å². The minimum absolute atomic E-state index is 0.420. The van der Waals surface area contributed by atoms with E-state index in [2.05, 4.69) is 51.2 Å². The molecule has 1 aromatic heterocycles. The molecule has 0 bridgehead atoms. The number of nitrogens with zero attached hydrogens (tertiary/aromatic N) is 2. The van der Waals surface area contributed by atoms with Crippen LogP contribution in [0.15, 0.2) is 35.1 Å². The Morgan fingerprint density at radius 1 is 1.32 bits per heavy atom. The summed E-state index contributed by atoms with van der Waals surface area (Å²) in [5.41, 5.74) is 3.68. The van der Waals surface area contributed by atoms with Crippen molar-refractivity contribution in [3.05, 3.63) is 40.6 Å². The second-order valence-corrected chi connectivity index (χ2v) is 5.11. The number of nitrogens with one attached hydrogen (secondary N) is 1. The van der Waals surface area contributed by atoms with Crippen LogP contribution in [0.3, 0.4) is 0 Å². The summed E-state index contributed by atoms with van der Waals surface area (Å²) in [5, 5.41) is 0. The summed E-state index contributed by atoms with van der Waals surface area (Å²) in [5.74, 6) is 7.42. The molecule has 0 saturated heterocycles. The first kappa shape index (κ1) is 13.8. The normalized spacial score (nSPS) is 10.6. The van der Waals surface area contributed by atoms with Crippen LogP contribution in [0.4, 0.5) is 5.82 Å². The van der Waals surface area contributed by atoms with E-state index in [1.165, 1.54) is 11.9 Å². The number of nitrogens with two attached hydrogens (primary N) is 1. The van der Waals surface area contributed by atoms with Gasteiger partial charge in [0.1, 0.15) is 16.5 Å². The van der Waals surface area contributed by atoms with Crippen LogP contribution in [0.2, 0.25) is 0 Å². The van der Waals surface area contributed by atoms with Crippen LogP contribution >= 0.6 is 15.9 Å². The second-order valence-electron chi connectivity index (χ2n) is 4.32. The molecule has 1 heterocycles. The molecule has 0 spiro atoms. The zero-order valence-electron chi connectivity index (χ0n) is 10.7. The summed E-state index contributed by atoms with van der Waals surface area (Å²) in [7, 11) is 0. The third-order valence-corrected chi connectivity index (χ3v) is 3.35. The highest BCUT2D eigenvalue weighted by Crippen LogP contribution is 2.32. The lowest BCUT2D eigenvalue weighted by molar-refractivity contribution is 0.457. The van der Waals surface area contributed by atoms with Gasteiger partial charge in [0.2, 0.25) is 5.88 Å². The first-order chi connectivity index (χ1) is 9.11. The van der Waals surface area contributed by atoms with E-state index in [1.807, 2.05) is 18.2 Å². The van der Waals surface area contributed by atoms with Gasteiger partial charge in [-0.3, -0.25) is 0 Å². The highest BCUT2D eigenvalue weighted by atomic mass is 79.9. The molecule has 0 aliphatic rings. The van der Waals surface area contributed by atoms with Gasteiger partial charge in [-0.05, 0) is 39.5 Å². The highest BCUT2D eigenvalue weighted by Gasteiger charge is 2.10. The van der Waals surface area contributed by atoms with E-state index >= 15 is 0 Å². The number of nitrogen functional groups attached to an aromatic ring is 1. The van der Waals surface area contributed by atoms with Gasteiger partial charge in [-0.25, -0.2) is 15.8 Å². The fraction of sp³-hybridized carbons (Fsp3) is 0.231. The highest BCUT2D eigenvalue weighted by molar-refractivity contribution is 9.10. The first-order valence-electron chi connectivity index (χ1n) is 5.86. The zero-order valence-corrected chi connectivity index (χ0v) is 12.3. The first-order valence-corrected chi connectivity index (χ1v) is 6.66. The SMILES string of the molecule is CC(C)c1cccc(Oc2ncnc(NN)c2Br)c1. The van der Waals surface area contributed by atoms with Crippen molar-refractivity contribution in [1.82, 2.24) is 9.97 Å². The van der Waals surface area contributed by atoms with Crippen molar-refractivity contribution < 1.29 is 4.74 Å². The van der Waals surface area contributed by atoms with Crippen LogP contribution in [-0.4, -0.2) is 9.97 Å². The van der Waals surface area contributed by atoms with Gasteiger partial charge in [-0.2, -0.15) is 0 Å². The Hall–Kier alpha value is -1.66. The molecule has 0 saturated carbocycles. The van der Waals surface area contributed by atoms with Gasteiger partial charge in [0.25, 0.3) is 0 Å². The molecule has 1 aromatic carbocycles. The van der Waals surface area contributed by atoms with Gasteiger partial charge in [-0.15, -0.1) is 0 Å². The average molecular weight is 323 g/mol. The van der Waals surface area contributed by atoms with Crippen LogP contribution < -0.4 is 16.0 Å². The minimum atomic E-state index is 0.420. The standard InChI is InChI=1S/C13H15BrN4O/c1-8(2)9-4-3-5-10(6-9)19-13-11(14)12(18-15)16-7-17-13/h3-8H,15H2,1-2H3,(H,16,17,18). The monoisotopic (exact) mass is 322 g/mol. The topological polar surface area (TPSA) is 73.1 Å². The second kappa shape index (κ2) is 5.99. The van der Waals surface area contributed by atoms with Crippen LogP contribution in [0.1, 0.15) is 25.3 Å². The maximum Gasteiger partial charge on any atom is 0.238 e. The third-order valence-electron chi connectivity index (χ3n) is 2.63. The Labute approximate surface area is 120 Å². The van der Waals surface area contributed by atoms with Crippen molar-refractivity contribution in [1.29, 1.82) is 0 Å². The quantitative estimate of drug-likeness (QED) is 0.666. The fourth-order valence-corrected chi connectivity index (χ4v) is 1.97. The molecular formula is C13H15BrN4O.